The molecule has 0 N–H and O–H groups in total. The monoisotopic (exact) mass is 249 g/mol. The number of aryl methyl sites for hydroxylation is 1. The average Bonchev–Trinajstić information content (AvgIpc) is 1.99. The lowest BCUT2D eigenvalue weighted by molar-refractivity contribution is -0.384. The third kappa shape index (κ3) is 3.85. The molecule has 0 unspecified atom stereocenters. The van der Waals surface area contributed by atoms with Gasteiger partial charge in [0.05, 0.1) is 10.7 Å². The Morgan fingerprint density at radius 3 is 2.47 bits per heavy atom. The van der Waals surface area contributed by atoms with Gasteiger partial charge in [-0.25, -0.2) is 8.42 Å². The molecule has 0 atom stereocenters. The van der Waals surface area contributed by atoms with E-state index in [2.05, 4.69) is 0 Å². The molecule has 0 fully saturated rings. The van der Waals surface area contributed by atoms with Gasteiger partial charge >= 0.3 is 0 Å². The second-order valence-electron chi connectivity index (χ2n) is 3.12. The predicted octanol–water partition coefficient (Wildman–Crippen LogP) is 1.97. The number of nitrogens with zero attached hydrogens (tertiary/aromatic N) is 1. The topological polar surface area (TPSA) is 77.3 Å². The first-order valence-electron chi connectivity index (χ1n) is 3.95. The van der Waals surface area contributed by atoms with Gasteiger partial charge in [-0.3, -0.25) is 10.1 Å². The Labute approximate surface area is 91.2 Å². The quantitative estimate of drug-likeness (QED) is 0.466. The second-order valence-corrected chi connectivity index (χ2v) is 5.89. The molecular weight excluding hydrogens is 242 g/mol. The summed E-state index contributed by atoms with van der Waals surface area (Å²) in [5.41, 5.74) is 0.807. The normalized spacial score (nSPS) is 11.3. The number of hydrogen-bond acceptors (Lipinski definition) is 4. The Balaban J connectivity index is 3.15. The van der Waals surface area contributed by atoms with Crippen LogP contribution in [-0.2, 0) is 14.8 Å². The number of rotatable bonds is 3. The predicted molar refractivity (Wildman–Crippen MR) is 56.3 cm³/mol. The van der Waals surface area contributed by atoms with Crippen molar-refractivity contribution in [1.29, 1.82) is 0 Å². The van der Waals surface area contributed by atoms with Gasteiger partial charge in [0.15, 0.2) is 0 Å². The third-order valence-corrected chi connectivity index (χ3v) is 2.68. The van der Waals surface area contributed by atoms with Crippen LogP contribution in [0.15, 0.2) is 18.2 Å². The second kappa shape index (κ2) is 4.16. The SMILES string of the molecule is Cc1cc(CS(=O)(=O)Cl)cc([N+](=O)[O-])c1. The molecule has 0 aliphatic heterocycles. The molecular formula is C8H8ClNO4S. The molecule has 1 rings (SSSR count). The lowest BCUT2D eigenvalue weighted by Crippen LogP contribution is -1.97. The fraction of sp³-hybridized carbons (Fsp3) is 0.250. The summed E-state index contributed by atoms with van der Waals surface area (Å²) in [7, 11) is 1.37. The van der Waals surface area contributed by atoms with E-state index in [0.717, 1.165) is 0 Å². The fourth-order valence-electron chi connectivity index (χ4n) is 1.23. The van der Waals surface area contributed by atoms with E-state index in [9.17, 15) is 18.5 Å². The molecule has 0 radical (unpaired) electrons. The van der Waals surface area contributed by atoms with Crippen LogP contribution in [0.5, 0.6) is 0 Å². The summed E-state index contributed by atoms with van der Waals surface area (Å²) in [6.07, 6.45) is 0. The van der Waals surface area contributed by atoms with Crippen molar-refractivity contribution in [3.8, 4) is 0 Å². The Morgan fingerprint density at radius 2 is 2.00 bits per heavy atom. The summed E-state index contributed by atoms with van der Waals surface area (Å²) in [5.74, 6) is -0.406. The van der Waals surface area contributed by atoms with Crippen LogP contribution in [0.25, 0.3) is 0 Å². The summed E-state index contributed by atoms with van der Waals surface area (Å²) in [5, 5.41) is 10.5. The highest BCUT2D eigenvalue weighted by Crippen LogP contribution is 2.19. The summed E-state index contributed by atoms with van der Waals surface area (Å²) in [6, 6.07) is 4.12. The Morgan fingerprint density at radius 1 is 1.40 bits per heavy atom. The Kier molecular flexibility index (Phi) is 3.31. The van der Waals surface area contributed by atoms with E-state index in [1.54, 1.807) is 13.0 Å². The van der Waals surface area contributed by atoms with E-state index < -0.39 is 19.7 Å². The van der Waals surface area contributed by atoms with Crippen LogP contribution in [0.2, 0.25) is 0 Å². The van der Waals surface area contributed by atoms with Gasteiger partial charge in [0, 0.05) is 22.8 Å². The number of benzene rings is 1. The van der Waals surface area contributed by atoms with E-state index >= 15 is 0 Å². The van der Waals surface area contributed by atoms with Gasteiger partial charge in [-0.15, -0.1) is 0 Å². The zero-order valence-electron chi connectivity index (χ0n) is 7.81. The van der Waals surface area contributed by atoms with Gasteiger partial charge in [0.2, 0.25) is 9.05 Å². The molecule has 7 heteroatoms. The molecule has 0 aliphatic carbocycles. The minimum absolute atomic E-state index is 0.134. The van der Waals surface area contributed by atoms with E-state index in [0.29, 0.717) is 11.1 Å². The number of halogens is 1. The first-order chi connectivity index (χ1) is 6.78. The van der Waals surface area contributed by atoms with Crippen LogP contribution >= 0.6 is 10.7 Å². The summed E-state index contributed by atoms with van der Waals surface area (Å²) in [6.45, 7) is 1.65. The highest BCUT2D eigenvalue weighted by atomic mass is 35.7. The largest absolute Gasteiger partial charge is 0.269 e. The Bertz CT molecular complexity index is 497. The molecule has 0 amide bonds. The van der Waals surface area contributed by atoms with Gasteiger partial charge < -0.3 is 0 Å². The number of nitro groups is 1. The lowest BCUT2D eigenvalue weighted by Gasteiger charge is -2.00. The maximum atomic E-state index is 10.8. The zero-order chi connectivity index (χ0) is 11.6. The van der Waals surface area contributed by atoms with E-state index in [-0.39, 0.29) is 5.69 Å². The first kappa shape index (κ1) is 11.9. The van der Waals surface area contributed by atoms with Crippen LogP contribution < -0.4 is 0 Å². The molecule has 0 aromatic heterocycles. The van der Waals surface area contributed by atoms with Crippen LogP contribution in [-0.4, -0.2) is 13.3 Å². The van der Waals surface area contributed by atoms with Crippen LogP contribution in [0.4, 0.5) is 5.69 Å². The average molecular weight is 250 g/mol. The number of non-ortho nitro benzene ring substituents is 1. The van der Waals surface area contributed by atoms with Gasteiger partial charge in [0.1, 0.15) is 0 Å². The Hall–Kier alpha value is -1.14. The van der Waals surface area contributed by atoms with Crippen LogP contribution in [0.3, 0.4) is 0 Å². The van der Waals surface area contributed by atoms with Crippen LogP contribution in [0.1, 0.15) is 11.1 Å². The van der Waals surface area contributed by atoms with Crippen molar-refractivity contribution in [2.45, 2.75) is 12.7 Å². The molecule has 0 saturated carbocycles. The van der Waals surface area contributed by atoms with Crippen molar-refractivity contribution in [2.75, 3.05) is 0 Å². The van der Waals surface area contributed by atoms with Crippen molar-refractivity contribution in [1.82, 2.24) is 0 Å². The summed E-state index contributed by atoms with van der Waals surface area (Å²) >= 11 is 0. The molecule has 0 bridgehead atoms. The molecule has 0 saturated heterocycles. The fourth-order valence-corrected chi connectivity index (χ4v) is 2.17. The standard InChI is InChI=1S/C8H8ClNO4S/c1-6-2-7(5-15(9,13)14)4-8(3-6)10(11)12/h2-4H,5H2,1H3. The summed E-state index contributed by atoms with van der Waals surface area (Å²) < 4.78 is 21.6. The number of nitro benzene ring substituents is 1. The minimum atomic E-state index is -3.69. The molecule has 5 nitrogen and oxygen atoms in total. The lowest BCUT2D eigenvalue weighted by atomic mass is 10.1. The van der Waals surface area contributed by atoms with E-state index in [1.165, 1.54) is 12.1 Å². The first-order valence-corrected chi connectivity index (χ1v) is 6.43. The van der Waals surface area contributed by atoms with E-state index in [1.807, 2.05) is 0 Å². The van der Waals surface area contributed by atoms with Crippen LogP contribution in [0, 0.1) is 17.0 Å². The highest BCUT2D eigenvalue weighted by molar-refractivity contribution is 8.13. The maximum Gasteiger partial charge on any atom is 0.269 e. The molecule has 15 heavy (non-hydrogen) atoms. The highest BCUT2D eigenvalue weighted by Gasteiger charge is 2.12. The van der Waals surface area contributed by atoms with Gasteiger partial charge in [-0.2, -0.15) is 0 Å². The van der Waals surface area contributed by atoms with Crippen molar-refractivity contribution in [3.63, 3.8) is 0 Å². The summed E-state index contributed by atoms with van der Waals surface area (Å²) in [4.78, 5) is 9.92. The molecule has 1 aromatic rings. The van der Waals surface area contributed by atoms with Crippen molar-refractivity contribution < 1.29 is 13.3 Å². The smallest absolute Gasteiger partial charge is 0.258 e. The molecule has 82 valence electrons. The van der Waals surface area contributed by atoms with Crippen molar-refractivity contribution in [3.05, 3.63) is 39.4 Å². The zero-order valence-corrected chi connectivity index (χ0v) is 9.38. The number of hydrogen-bond donors (Lipinski definition) is 0. The van der Waals surface area contributed by atoms with Crippen molar-refractivity contribution in [2.24, 2.45) is 0 Å². The van der Waals surface area contributed by atoms with Gasteiger partial charge in [0.25, 0.3) is 5.69 Å². The molecule has 0 aliphatic rings. The molecule has 1 aromatic carbocycles. The molecule has 0 heterocycles. The third-order valence-electron chi connectivity index (χ3n) is 1.67. The van der Waals surface area contributed by atoms with Gasteiger partial charge in [-0.05, 0) is 18.1 Å². The minimum Gasteiger partial charge on any atom is -0.258 e. The van der Waals surface area contributed by atoms with Crippen molar-refractivity contribution >= 4 is 25.4 Å². The van der Waals surface area contributed by atoms with E-state index in [4.69, 9.17) is 10.7 Å². The van der Waals surface area contributed by atoms with Gasteiger partial charge in [-0.1, -0.05) is 6.07 Å². The maximum absolute atomic E-state index is 10.8. The molecule has 0 spiro atoms.